The van der Waals surface area contributed by atoms with Gasteiger partial charge in [-0.05, 0) is 44.0 Å². The van der Waals surface area contributed by atoms with E-state index in [0.29, 0.717) is 6.42 Å². The minimum atomic E-state index is 0.238. The van der Waals surface area contributed by atoms with Crippen LogP contribution in [0.4, 0.5) is 0 Å². The molecule has 4 rings (SSSR count). The molecule has 5 nitrogen and oxygen atoms in total. The van der Waals surface area contributed by atoms with Gasteiger partial charge in [-0.3, -0.25) is 4.79 Å². The number of hydrogen-bond donors (Lipinski definition) is 0. The zero-order valence-electron chi connectivity index (χ0n) is 16.8. The quantitative estimate of drug-likeness (QED) is 0.293. The molecule has 0 N–H and O–H groups in total. The zero-order chi connectivity index (χ0) is 20.1. The highest BCUT2D eigenvalue weighted by molar-refractivity contribution is 5.95. The number of carbonyl (C=O) groups is 1. The van der Waals surface area contributed by atoms with Crippen LogP contribution in [0.15, 0.2) is 67.0 Å². The first-order valence-corrected chi connectivity index (χ1v) is 10.3. The molecule has 4 aromatic rings. The smallest absolute Gasteiger partial charge is 0.162 e. The van der Waals surface area contributed by atoms with Crippen molar-refractivity contribution in [3.8, 4) is 5.82 Å². The van der Waals surface area contributed by atoms with Crippen LogP contribution >= 0.6 is 0 Å². The maximum atomic E-state index is 12.2. The molecule has 0 unspecified atom stereocenters. The SMILES string of the molecule is Cc1nc(CCCCCCC(=O)c2ccccc2)n2nc(-n3cccc3)ccc12. The molecule has 0 aliphatic carbocycles. The molecule has 0 fully saturated rings. The van der Waals surface area contributed by atoms with E-state index in [0.717, 1.165) is 60.5 Å². The first kappa shape index (κ1) is 19.1. The van der Waals surface area contributed by atoms with Gasteiger partial charge in [0.25, 0.3) is 0 Å². The van der Waals surface area contributed by atoms with Gasteiger partial charge in [0, 0.05) is 30.8 Å². The van der Waals surface area contributed by atoms with E-state index in [1.807, 2.05) is 76.9 Å². The Kier molecular flexibility index (Phi) is 5.84. The molecule has 0 aliphatic heterocycles. The van der Waals surface area contributed by atoms with Gasteiger partial charge in [-0.15, -0.1) is 5.10 Å². The summed E-state index contributed by atoms with van der Waals surface area (Å²) in [7, 11) is 0. The Bertz CT molecular complexity index is 1080. The summed E-state index contributed by atoms with van der Waals surface area (Å²) in [5.74, 6) is 2.13. The number of nitrogens with zero attached hydrogens (tertiary/aromatic N) is 4. The molecular weight excluding hydrogens is 360 g/mol. The Hall–Kier alpha value is -3.21. The van der Waals surface area contributed by atoms with Crippen LogP contribution in [0, 0.1) is 6.92 Å². The fourth-order valence-corrected chi connectivity index (χ4v) is 3.66. The first-order valence-electron chi connectivity index (χ1n) is 10.3. The minimum absolute atomic E-state index is 0.238. The number of imidazole rings is 1. The van der Waals surface area contributed by atoms with Crippen molar-refractivity contribution in [2.45, 2.75) is 45.4 Å². The van der Waals surface area contributed by atoms with Crippen molar-refractivity contribution in [3.05, 3.63) is 84.1 Å². The third-order valence-electron chi connectivity index (χ3n) is 5.25. The van der Waals surface area contributed by atoms with Gasteiger partial charge in [0.1, 0.15) is 5.82 Å². The Morgan fingerprint density at radius 3 is 2.45 bits per heavy atom. The molecule has 0 saturated carbocycles. The van der Waals surface area contributed by atoms with Gasteiger partial charge >= 0.3 is 0 Å². The van der Waals surface area contributed by atoms with Gasteiger partial charge < -0.3 is 4.57 Å². The lowest BCUT2D eigenvalue weighted by molar-refractivity contribution is 0.0979. The van der Waals surface area contributed by atoms with E-state index in [1.54, 1.807) is 0 Å². The highest BCUT2D eigenvalue weighted by Gasteiger charge is 2.10. The Morgan fingerprint density at radius 2 is 1.66 bits per heavy atom. The second-order valence-electron chi connectivity index (χ2n) is 7.40. The third-order valence-corrected chi connectivity index (χ3v) is 5.25. The number of fused-ring (bicyclic) bond motifs is 1. The van der Waals surface area contributed by atoms with Gasteiger partial charge in [-0.1, -0.05) is 43.2 Å². The highest BCUT2D eigenvalue weighted by Crippen LogP contribution is 2.16. The topological polar surface area (TPSA) is 52.2 Å². The van der Waals surface area contributed by atoms with Crippen LogP contribution in [0.25, 0.3) is 11.3 Å². The maximum Gasteiger partial charge on any atom is 0.162 e. The first-order chi connectivity index (χ1) is 14.2. The highest BCUT2D eigenvalue weighted by atomic mass is 16.1. The second-order valence-corrected chi connectivity index (χ2v) is 7.40. The van der Waals surface area contributed by atoms with Crippen LogP contribution in [0.5, 0.6) is 0 Å². The number of ketones is 1. The largest absolute Gasteiger partial charge is 0.307 e. The molecule has 0 spiro atoms. The molecule has 0 saturated heterocycles. The maximum absolute atomic E-state index is 12.2. The van der Waals surface area contributed by atoms with Crippen molar-refractivity contribution in [3.63, 3.8) is 0 Å². The van der Waals surface area contributed by atoms with Crippen molar-refractivity contribution < 1.29 is 4.79 Å². The lowest BCUT2D eigenvalue weighted by Gasteiger charge is -2.05. The summed E-state index contributed by atoms with van der Waals surface area (Å²) in [6.45, 7) is 2.03. The molecule has 0 aliphatic rings. The van der Waals surface area contributed by atoms with Gasteiger partial charge in [0.15, 0.2) is 11.6 Å². The van der Waals surface area contributed by atoms with Crippen LogP contribution < -0.4 is 0 Å². The second kappa shape index (κ2) is 8.86. The molecule has 0 atom stereocenters. The van der Waals surface area contributed by atoms with Crippen molar-refractivity contribution in [2.75, 3.05) is 0 Å². The van der Waals surface area contributed by atoms with E-state index in [4.69, 9.17) is 10.1 Å². The van der Waals surface area contributed by atoms with E-state index < -0.39 is 0 Å². The van der Waals surface area contributed by atoms with Crippen LogP contribution in [-0.4, -0.2) is 24.9 Å². The zero-order valence-corrected chi connectivity index (χ0v) is 16.8. The predicted molar refractivity (Wildman–Crippen MR) is 115 cm³/mol. The van der Waals surface area contributed by atoms with Crippen LogP contribution in [-0.2, 0) is 6.42 Å². The summed E-state index contributed by atoms with van der Waals surface area (Å²) in [5.41, 5.74) is 2.89. The average Bonchev–Trinajstić information content (AvgIpc) is 3.39. The summed E-state index contributed by atoms with van der Waals surface area (Å²) in [6, 6.07) is 17.7. The van der Waals surface area contributed by atoms with E-state index >= 15 is 0 Å². The number of aryl methyl sites for hydroxylation is 2. The van der Waals surface area contributed by atoms with Crippen LogP contribution in [0.3, 0.4) is 0 Å². The van der Waals surface area contributed by atoms with Crippen molar-refractivity contribution >= 4 is 11.3 Å². The molecular formula is C24H26N4O. The average molecular weight is 386 g/mol. The molecule has 3 heterocycles. The minimum Gasteiger partial charge on any atom is -0.307 e. The molecule has 0 bridgehead atoms. The molecule has 29 heavy (non-hydrogen) atoms. The number of hydrogen-bond acceptors (Lipinski definition) is 3. The van der Waals surface area contributed by atoms with Crippen molar-refractivity contribution in [1.82, 2.24) is 19.2 Å². The van der Waals surface area contributed by atoms with E-state index in [1.165, 1.54) is 0 Å². The van der Waals surface area contributed by atoms with Gasteiger partial charge in [0.05, 0.1) is 11.2 Å². The monoisotopic (exact) mass is 386 g/mol. The van der Waals surface area contributed by atoms with Gasteiger partial charge in [-0.2, -0.15) is 0 Å². The Morgan fingerprint density at radius 1 is 0.897 bits per heavy atom. The summed E-state index contributed by atoms with van der Waals surface area (Å²) in [4.78, 5) is 16.9. The summed E-state index contributed by atoms with van der Waals surface area (Å²) < 4.78 is 3.98. The van der Waals surface area contributed by atoms with E-state index in [9.17, 15) is 4.79 Å². The third kappa shape index (κ3) is 4.45. The standard InChI is InChI=1S/C24H26N4O/c1-19-21-15-16-24(27-17-9-10-18-27)26-28(21)23(25-19)14-8-3-2-7-13-22(29)20-11-5-4-6-12-20/h4-6,9-12,15-18H,2-3,7-8,13-14H2,1H3. The number of rotatable bonds is 9. The summed E-state index contributed by atoms with van der Waals surface area (Å²) in [5, 5.41) is 4.78. The number of Topliss-reactive ketones (excluding diaryl/α,β-unsaturated/α-hetero) is 1. The van der Waals surface area contributed by atoms with Crippen LogP contribution in [0.2, 0.25) is 0 Å². The number of benzene rings is 1. The van der Waals surface area contributed by atoms with E-state index in [2.05, 4.69) is 6.07 Å². The van der Waals surface area contributed by atoms with Crippen LogP contribution in [0.1, 0.15) is 54.0 Å². The lowest BCUT2D eigenvalue weighted by atomic mass is 10.0. The van der Waals surface area contributed by atoms with Crippen molar-refractivity contribution in [1.29, 1.82) is 0 Å². The number of aromatic nitrogens is 4. The predicted octanol–water partition coefficient (Wildman–Crippen LogP) is 5.20. The molecule has 1 aromatic carbocycles. The molecule has 3 aromatic heterocycles. The molecule has 148 valence electrons. The molecule has 0 amide bonds. The fourth-order valence-electron chi connectivity index (χ4n) is 3.66. The van der Waals surface area contributed by atoms with E-state index in [-0.39, 0.29) is 5.78 Å². The Balaban J connectivity index is 1.30. The normalized spacial score (nSPS) is 11.2. The van der Waals surface area contributed by atoms with Gasteiger partial charge in [-0.25, -0.2) is 9.50 Å². The molecule has 5 heteroatoms. The molecule has 0 radical (unpaired) electrons. The summed E-state index contributed by atoms with van der Waals surface area (Å²) in [6.07, 6.45) is 9.64. The van der Waals surface area contributed by atoms with Crippen molar-refractivity contribution in [2.24, 2.45) is 0 Å². The van der Waals surface area contributed by atoms with Gasteiger partial charge in [0.2, 0.25) is 0 Å². The summed E-state index contributed by atoms with van der Waals surface area (Å²) >= 11 is 0. The lowest BCUT2D eigenvalue weighted by Crippen LogP contribution is -2.04. The number of unbranched alkanes of at least 4 members (excludes halogenated alkanes) is 3. The number of carbonyl (C=O) groups excluding carboxylic acids is 1. The Labute approximate surface area is 171 Å². The fraction of sp³-hybridized carbons (Fsp3) is 0.292.